The van der Waals surface area contributed by atoms with Crippen molar-refractivity contribution in [2.45, 2.75) is 19.4 Å². The average Bonchev–Trinajstić information content (AvgIpc) is 2.98. The number of aromatic nitrogens is 2. The molecule has 6 heteroatoms. The molecule has 120 valence electrons. The zero-order valence-corrected chi connectivity index (χ0v) is 13.1. The van der Waals surface area contributed by atoms with Crippen molar-refractivity contribution in [3.63, 3.8) is 0 Å². The van der Waals surface area contributed by atoms with Gasteiger partial charge in [-0.3, -0.25) is 14.9 Å². The monoisotopic (exact) mass is 312 g/mol. The maximum absolute atomic E-state index is 12.4. The van der Waals surface area contributed by atoms with Crippen LogP contribution in [0.3, 0.4) is 0 Å². The predicted octanol–water partition coefficient (Wildman–Crippen LogP) is 1.74. The highest BCUT2D eigenvalue weighted by molar-refractivity contribution is 5.94. The Morgan fingerprint density at radius 3 is 2.87 bits per heavy atom. The molecule has 0 unspecified atom stereocenters. The zero-order chi connectivity index (χ0) is 16.2. The van der Waals surface area contributed by atoms with Crippen molar-refractivity contribution in [3.05, 3.63) is 48.3 Å². The number of piperidine rings is 1. The molecule has 0 radical (unpaired) electrons. The SMILES string of the molecule is CN1CC[C@@H](C(=O)Nc2nccn2Cc2ccccc2)CC1=O. The fraction of sp³-hybridized carbons (Fsp3) is 0.353. The van der Waals surface area contributed by atoms with E-state index in [0.29, 0.717) is 25.5 Å². The number of benzene rings is 1. The number of carbonyl (C=O) groups excluding carboxylic acids is 2. The van der Waals surface area contributed by atoms with Gasteiger partial charge >= 0.3 is 0 Å². The number of hydrogen-bond donors (Lipinski definition) is 1. The minimum Gasteiger partial charge on any atom is -0.346 e. The molecule has 2 amide bonds. The third-order valence-electron chi connectivity index (χ3n) is 4.18. The number of hydrogen-bond acceptors (Lipinski definition) is 3. The second kappa shape index (κ2) is 6.64. The van der Waals surface area contributed by atoms with Gasteiger partial charge in [-0.05, 0) is 12.0 Å². The molecule has 2 heterocycles. The fourth-order valence-electron chi connectivity index (χ4n) is 2.72. The normalized spacial score (nSPS) is 18.0. The summed E-state index contributed by atoms with van der Waals surface area (Å²) >= 11 is 0. The van der Waals surface area contributed by atoms with Gasteiger partial charge in [-0.2, -0.15) is 0 Å². The van der Waals surface area contributed by atoms with Gasteiger partial charge in [0.05, 0.1) is 6.54 Å². The van der Waals surface area contributed by atoms with E-state index >= 15 is 0 Å². The second-order valence-corrected chi connectivity index (χ2v) is 5.86. The second-order valence-electron chi connectivity index (χ2n) is 5.86. The van der Waals surface area contributed by atoms with Gasteiger partial charge in [-0.1, -0.05) is 30.3 Å². The molecule has 23 heavy (non-hydrogen) atoms. The van der Waals surface area contributed by atoms with E-state index in [9.17, 15) is 9.59 Å². The van der Waals surface area contributed by atoms with Crippen LogP contribution < -0.4 is 5.32 Å². The van der Waals surface area contributed by atoms with Crippen molar-refractivity contribution in [1.82, 2.24) is 14.5 Å². The molecule has 0 aliphatic carbocycles. The van der Waals surface area contributed by atoms with Gasteiger partial charge in [0.25, 0.3) is 0 Å². The molecule has 1 atom stereocenters. The highest BCUT2D eigenvalue weighted by Crippen LogP contribution is 2.19. The van der Waals surface area contributed by atoms with Gasteiger partial charge in [0.15, 0.2) is 0 Å². The summed E-state index contributed by atoms with van der Waals surface area (Å²) in [5.74, 6) is 0.127. The molecular weight excluding hydrogens is 292 g/mol. The third-order valence-corrected chi connectivity index (χ3v) is 4.18. The van der Waals surface area contributed by atoms with Gasteiger partial charge < -0.3 is 9.47 Å². The maximum atomic E-state index is 12.4. The van der Waals surface area contributed by atoms with E-state index in [2.05, 4.69) is 10.3 Å². The molecule has 1 aromatic heterocycles. The first-order valence-electron chi connectivity index (χ1n) is 7.73. The van der Waals surface area contributed by atoms with Crippen LogP contribution in [0.15, 0.2) is 42.7 Å². The van der Waals surface area contributed by atoms with Crippen LogP contribution in [0.4, 0.5) is 5.95 Å². The van der Waals surface area contributed by atoms with E-state index in [1.165, 1.54) is 0 Å². The van der Waals surface area contributed by atoms with E-state index in [0.717, 1.165) is 5.56 Å². The number of anilines is 1. The number of rotatable bonds is 4. The van der Waals surface area contributed by atoms with Gasteiger partial charge in [0, 0.05) is 38.3 Å². The Labute approximate surface area is 135 Å². The van der Waals surface area contributed by atoms with Crippen molar-refractivity contribution < 1.29 is 9.59 Å². The van der Waals surface area contributed by atoms with Gasteiger partial charge in [0.2, 0.25) is 17.8 Å². The van der Waals surface area contributed by atoms with Crippen LogP contribution in [0, 0.1) is 5.92 Å². The van der Waals surface area contributed by atoms with Crippen LogP contribution in [0.1, 0.15) is 18.4 Å². The summed E-state index contributed by atoms with van der Waals surface area (Å²) in [6, 6.07) is 9.99. The molecular formula is C17H20N4O2. The largest absolute Gasteiger partial charge is 0.346 e. The lowest BCUT2D eigenvalue weighted by molar-refractivity contribution is -0.137. The Bertz CT molecular complexity index is 696. The van der Waals surface area contributed by atoms with Crippen LogP contribution in [-0.4, -0.2) is 39.9 Å². The molecule has 1 aromatic carbocycles. The van der Waals surface area contributed by atoms with E-state index < -0.39 is 0 Å². The fourth-order valence-corrected chi connectivity index (χ4v) is 2.72. The summed E-state index contributed by atoms with van der Waals surface area (Å²) in [4.78, 5) is 30.0. The van der Waals surface area contributed by atoms with Gasteiger partial charge in [-0.25, -0.2) is 4.98 Å². The van der Waals surface area contributed by atoms with E-state index in [-0.39, 0.29) is 24.2 Å². The number of carbonyl (C=O) groups is 2. The molecule has 1 fully saturated rings. The minimum absolute atomic E-state index is 0.0176. The summed E-state index contributed by atoms with van der Waals surface area (Å²) in [6.07, 6.45) is 4.45. The third kappa shape index (κ3) is 3.59. The van der Waals surface area contributed by atoms with Gasteiger partial charge in [0.1, 0.15) is 0 Å². The highest BCUT2D eigenvalue weighted by atomic mass is 16.2. The van der Waals surface area contributed by atoms with Crippen LogP contribution in [0.5, 0.6) is 0 Å². The molecule has 1 aliphatic rings. The Hall–Kier alpha value is -2.63. The molecule has 2 aromatic rings. The first-order valence-corrected chi connectivity index (χ1v) is 7.73. The first kappa shape index (κ1) is 15.3. The molecule has 6 nitrogen and oxygen atoms in total. The smallest absolute Gasteiger partial charge is 0.230 e. The Balaban J connectivity index is 1.66. The van der Waals surface area contributed by atoms with E-state index in [1.54, 1.807) is 18.1 Å². The van der Waals surface area contributed by atoms with Crippen LogP contribution in [-0.2, 0) is 16.1 Å². The summed E-state index contributed by atoms with van der Waals surface area (Å²) in [7, 11) is 1.77. The zero-order valence-electron chi connectivity index (χ0n) is 13.1. The average molecular weight is 312 g/mol. The maximum Gasteiger partial charge on any atom is 0.230 e. The van der Waals surface area contributed by atoms with Crippen LogP contribution in [0.25, 0.3) is 0 Å². The topological polar surface area (TPSA) is 67.2 Å². The molecule has 0 saturated carbocycles. The Morgan fingerprint density at radius 1 is 1.35 bits per heavy atom. The van der Waals surface area contributed by atoms with Crippen molar-refractivity contribution in [2.24, 2.45) is 5.92 Å². The molecule has 3 rings (SSSR count). The Kier molecular flexibility index (Phi) is 4.41. The number of imidazole rings is 1. The summed E-state index contributed by atoms with van der Waals surface area (Å²) in [5, 5.41) is 2.86. The summed E-state index contributed by atoms with van der Waals surface area (Å²) < 4.78 is 1.89. The number of likely N-dealkylation sites (tertiary alicyclic amines) is 1. The van der Waals surface area contributed by atoms with Gasteiger partial charge in [-0.15, -0.1) is 0 Å². The molecule has 1 N–H and O–H groups in total. The van der Waals surface area contributed by atoms with E-state index in [1.807, 2.05) is 41.1 Å². The van der Waals surface area contributed by atoms with Crippen molar-refractivity contribution >= 4 is 17.8 Å². The predicted molar refractivity (Wildman–Crippen MR) is 86.8 cm³/mol. The van der Waals surface area contributed by atoms with Crippen LogP contribution in [0.2, 0.25) is 0 Å². The standard InChI is InChI=1S/C17H20N4O2/c1-20-9-7-14(11-15(20)22)16(23)19-17-18-8-10-21(17)12-13-5-3-2-4-6-13/h2-6,8,10,14H,7,9,11-12H2,1H3,(H,18,19,23)/t14-/m1/s1. The molecule has 0 spiro atoms. The van der Waals surface area contributed by atoms with Crippen LogP contribution >= 0.6 is 0 Å². The quantitative estimate of drug-likeness (QED) is 0.935. The highest BCUT2D eigenvalue weighted by Gasteiger charge is 2.29. The van der Waals surface area contributed by atoms with E-state index in [4.69, 9.17) is 0 Å². The van der Waals surface area contributed by atoms with Crippen molar-refractivity contribution in [2.75, 3.05) is 18.9 Å². The summed E-state index contributed by atoms with van der Waals surface area (Å²) in [5.41, 5.74) is 1.13. The Morgan fingerprint density at radius 2 is 2.13 bits per heavy atom. The molecule has 1 aliphatic heterocycles. The minimum atomic E-state index is -0.277. The lowest BCUT2D eigenvalue weighted by Crippen LogP contribution is -2.40. The number of nitrogens with zero attached hydrogens (tertiary/aromatic N) is 3. The number of nitrogens with one attached hydrogen (secondary N) is 1. The molecule has 1 saturated heterocycles. The first-order chi connectivity index (χ1) is 11.1. The van der Waals surface area contributed by atoms with Crippen molar-refractivity contribution in [3.8, 4) is 0 Å². The lowest BCUT2D eigenvalue weighted by atomic mass is 9.96. The lowest BCUT2D eigenvalue weighted by Gasteiger charge is -2.27. The summed E-state index contributed by atoms with van der Waals surface area (Å²) in [6.45, 7) is 1.26. The van der Waals surface area contributed by atoms with Crippen molar-refractivity contribution in [1.29, 1.82) is 0 Å². The molecule has 0 bridgehead atoms. The number of amides is 2.